The summed E-state index contributed by atoms with van der Waals surface area (Å²) in [6, 6.07) is 23.1. The van der Waals surface area contributed by atoms with E-state index in [1.807, 2.05) is 56.3 Å². The van der Waals surface area contributed by atoms with Crippen LogP contribution in [-0.2, 0) is 0 Å². The topological polar surface area (TPSA) is 85.6 Å². The smallest absolute Gasteiger partial charge is 0.349 e. The number of hydrogen-bond donors (Lipinski definition) is 1. The fourth-order valence-corrected chi connectivity index (χ4v) is 3.30. The second kappa shape index (κ2) is 9.53. The highest BCUT2D eigenvalue weighted by molar-refractivity contribution is 5.97. The minimum Gasteiger partial charge on any atom is -0.423 e. The Balaban J connectivity index is 1.50. The van der Waals surface area contributed by atoms with Gasteiger partial charge in [0, 0.05) is 18.0 Å². The van der Waals surface area contributed by atoms with Gasteiger partial charge in [0.15, 0.2) is 0 Å². The quantitative estimate of drug-likeness (QED) is 0.257. The number of esters is 1. The molecule has 0 saturated heterocycles. The van der Waals surface area contributed by atoms with Crippen LogP contribution in [0, 0.1) is 5.92 Å². The van der Waals surface area contributed by atoms with Crippen LogP contribution in [0.25, 0.3) is 22.1 Å². The molecule has 0 fully saturated rings. The molecule has 0 atom stereocenters. The summed E-state index contributed by atoms with van der Waals surface area (Å²) in [5.41, 5.74) is 1.86. The van der Waals surface area contributed by atoms with E-state index in [1.54, 1.807) is 24.3 Å². The normalized spacial score (nSPS) is 10.9. The van der Waals surface area contributed by atoms with Crippen molar-refractivity contribution in [2.45, 2.75) is 13.8 Å². The number of hydrogen-bond acceptors (Lipinski definition) is 5. The highest BCUT2D eigenvalue weighted by atomic mass is 16.5. The Morgan fingerprint density at radius 1 is 0.909 bits per heavy atom. The summed E-state index contributed by atoms with van der Waals surface area (Å²) in [7, 11) is 0. The Hall–Kier alpha value is -4.19. The predicted molar refractivity (Wildman–Crippen MR) is 126 cm³/mol. The number of ether oxygens (including phenoxy) is 1. The Bertz CT molecular complexity index is 1360. The van der Waals surface area contributed by atoms with Gasteiger partial charge in [0.05, 0.1) is 5.56 Å². The molecule has 0 aliphatic rings. The molecule has 0 saturated carbocycles. The van der Waals surface area contributed by atoms with Gasteiger partial charge in [-0.2, -0.15) is 0 Å². The van der Waals surface area contributed by atoms with Gasteiger partial charge in [-0.3, -0.25) is 4.79 Å². The molecule has 3 aromatic carbocycles. The van der Waals surface area contributed by atoms with E-state index in [9.17, 15) is 14.4 Å². The average molecular weight is 441 g/mol. The summed E-state index contributed by atoms with van der Waals surface area (Å²) < 4.78 is 10.8. The minimum atomic E-state index is -0.747. The second-order valence-electron chi connectivity index (χ2n) is 8.08. The molecule has 166 valence electrons. The second-order valence-corrected chi connectivity index (χ2v) is 8.08. The van der Waals surface area contributed by atoms with Crippen LogP contribution in [0.3, 0.4) is 0 Å². The summed E-state index contributed by atoms with van der Waals surface area (Å²) in [6.07, 6.45) is 0. The van der Waals surface area contributed by atoms with E-state index < -0.39 is 17.5 Å². The first-order valence-electron chi connectivity index (χ1n) is 10.6. The fourth-order valence-electron chi connectivity index (χ4n) is 3.30. The average Bonchev–Trinajstić information content (AvgIpc) is 2.82. The Morgan fingerprint density at radius 3 is 2.30 bits per heavy atom. The zero-order valence-corrected chi connectivity index (χ0v) is 18.3. The first kappa shape index (κ1) is 22.0. The van der Waals surface area contributed by atoms with Crippen molar-refractivity contribution in [2.24, 2.45) is 5.92 Å². The van der Waals surface area contributed by atoms with Crippen LogP contribution in [0.2, 0.25) is 0 Å². The lowest BCUT2D eigenvalue weighted by Crippen LogP contribution is -2.31. The molecule has 0 radical (unpaired) electrons. The molecule has 1 aromatic heterocycles. The zero-order chi connectivity index (χ0) is 23.4. The maximum atomic E-state index is 12.6. The first-order valence-corrected chi connectivity index (χ1v) is 10.6. The van der Waals surface area contributed by atoms with Crippen molar-refractivity contribution in [1.82, 2.24) is 5.32 Å². The van der Waals surface area contributed by atoms with E-state index in [4.69, 9.17) is 9.15 Å². The highest BCUT2D eigenvalue weighted by Crippen LogP contribution is 2.23. The predicted octanol–water partition coefficient (Wildman–Crippen LogP) is 5.07. The molecule has 1 heterocycles. The van der Waals surface area contributed by atoms with E-state index in [-0.39, 0.29) is 22.8 Å². The van der Waals surface area contributed by atoms with Crippen LogP contribution in [0.4, 0.5) is 0 Å². The molecular weight excluding hydrogens is 418 g/mol. The van der Waals surface area contributed by atoms with Crippen LogP contribution < -0.4 is 15.7 Å². The molecule has 0 aliphatic carbocycles. The summed E-state index contributed by atoms with van der Waals surface area (Å²) in [6.45, 7) is 4.38. The van der Waals surface area contributed by atoms with Crippen LogP contribution >= 0.6 is 0 Å². The van der Waals surface area contributed by atoms with Gasteiger partial charge in [0.1, 0.15) is 16.9 Å². The molecule has 0 bridgehead atoms. The summed E-state index contributed by atoms with van der Waals surface area (Å²) in [5.74, 6) is -0.511. The van der Waals surface area contributed by atoms with Gasteiger partial charge in [-0.05, 0) is 47.4 Å². The van der Waals surface area contributed by atoms with E-state index in [2.05, 4.69) is 5.32 Å². The van der Waals surface area contributed by atoms with Crippen LogP contribution in [0.15, 0.2) is 88.1 Å². The van der Waals surface area contributed by atoms with Crippen LogP contribution in [-0.4, -0.2) is 18.4 Å². The molecule has 1 amide bonds. The van der Waals surface area contributed by atoms with E-state index >= 15 is 0 Å². The van der Waals surface area contributed by atoms with Gasteiger partial charge in [-0.1, -0.05) is 56.3 Å². The van der Waals surface area contributed by atoms with Crippen molar-refractivity contribution in [3.05, 3.63) is 100 Å². The molecule has 0 spiro atoms. The van der Waals surface area contributed by atoms with Crippen LogP contribution in [0.5, 0.6) is 5.75 Å². The lowest BCUT2D eigenvalue weighted by Gasteiger charge is -2.08. The van der Waals surface area contributed by atoms with Crippen molar-refractivity contribution in [1.29, 1.82) is 0 Å². The number of rotatable bonds is 6. The zero-order valence-electron chi connectivity index (χ0n) is 18.3. The van der Waals surface area contributed by atoms with Gasteiger partial charge >= 0.3 is 11.6 Å². The molecule has 0 unspecified atom stereocenters. The van der Waals surface area contributed by atoms with Gasteiger partial charge in [0.25, 0.3) is 5.91 Å². The Morgan fingerprint density at radius 2 is 1.61 bits per heavy atom. The molecule has 4 rings (SSSR count). The lowest BCUT2D eigenvalue weighted by atomic mass is 10.0. The van der Waals surface area contributed by atoms with Crippen molar-refractivity contribution >= 4 is 22.8 Å². The molecule has 6 heteroatoms. The molecule has 4 aromatic rings. The van der Waals surface area contributed by atoms with Crippen LogP contribution in [0.1, 0.15) is 34.6 Å². The largest absolute Gasteiger partial charge is 0.423 e. The number of fused-ring (bicyclic) bond motifs is 1. The van der Waals surface area contributed by atoms with Gasteiger partial charge in [-0.15, -0.1) is 0 Å². The number of nitrogens with one attached hydrogen (secondary N) is 1. The maximum absolute atomic E-state index is 12.6. The van der Waals surface area contributed by atoms with E-state index in [0.717, 1.165) is 11.1 Å². The van der Waals surface area contributed by atoms with Gasteiger partial charge in [-0.25, -0.2) is 9.59 Å². The molecular formula is C27H23NO5. The molecule has 33 heavy (non-hydrogen) atoms. The van der Waals surface area contributed by atoms with Crippen molar-refractivity contribution in [3.8, 4) is 16.9 Å². The molecule has 0 aliphatic heterocycles. The Kier molecular flexibility index (Phi) is 6.36. The standard InChI is InChI=1S/C27H23NO5/c1-17(2)16-28-25(29)23-14-21-12-13-22(15-24(21)33-27(23)31)32-26(30)20-10-8-19(9-11-20)18-6-4-3-5-7-18/h3-15,17H,16H2,1-2H3,(H,28,29). The maximum Gasteiger partial charge on any atom is 0.349 e. The van der Waals surface area contributed by atoms with E-state index in [1.165, 1.54) is 12.1 Å². The third kappa shape index (κ3) is 5.18. The SMILES string of the molecule is CC(C)CNC(=O)c1cc2ccc(OC(=O)c3ccc(-c4ccccc4)cc3)cc2oc1=O. The first-order chi connectivity index (χ1) is 15.9. The summed E-state index contributed by atoms with van der Waals surface area (Å²) in [4.78, 5) is 37.1. The number of amides is 1. The number of carbonyl (C=O) groups is 2. The lowest BCUT2D eigenvalue weighted by molar-refractivity contribution is 0.0734. The monoisotopic (exact) mass is 441 g/mol. The van der Waals surface area contributed by atoms with Gasteiger partial charge in [0.2, 0.25) is 0 Å². The molecule has 1 N–H and O–H groups in total. The summed E-state index contributed by atoms with van der Waals surface area (Å²) >= 11 is 0. The molecule has 6 nitrogen and oxygen atoms in total. The van der Waals surface area contributed by atoms with Crippen molar-refractivity contribution < 1.29 is 18.7 Å². The fraction of sp³-hybridized carbons (Fsp3) is 0.148. The third-order valence-corrected chi connectivity index (χ3v) is 5.06. The third-order valence-electron chi connectivity index (χ3n) is 5.06. The van der Waals surface area contributed by atoms with Crippen molar-refractivity contribution in [2.75, 3.05) is 6.54 Å². The highest BCUT2D eigenvalue weighted by Gasteiger charge is 2.15. The number of benzene rings is 3. The Labute approximate surface area is 190 Å². The van der Waals surface area contributed by atoms with E-state index in [0.29, 0.717) is 17.5 Å². The minimum absolute atomic E-state index is 0.0635. The van der Waals surface area contributed by atoms with Gasteiger partial charge < -0.3 is 14.5 Å². The number of carbonyl (C=O) groups excluding carboxylic acids is 2. The summed E-state index contributed by atoms with van der Waals surface area (Å²) in [5, 5.41) is 3.26. The van der Waals surface area contributed by atoms with Crippen molar-refractivity contribution in [3.63, 3.8) is 0 Å².